The van der Waals surface area contributed by atoms with Gasteiger partial charge in [-0.25, -0.2) is 4.98 Å². The molecule has 0 fully saturated rings. The number of aromatic amines is 1. The first-order chi connectivity index (χ1) is 7.19. The highest BCUT2D eigenvalue weighted by molar-refractivity contribution is 5.48. The van der Waals surface area contributed by atoms with Crippen LogP contribution in [0.25, 0.3) is 0 Å². The Kier molecular flexibility index (Phi) is 3.91. The third-order valence-electron chi connectivity index (χ3n) is 1.92. The van der Waals surface area contributed by atoms with E-state index in [9.17, 15) is 4.79 Å². The fraction of sp³-hybridized carbons (Fsp3) is 0.400. The number of anilines is 1. The number of rotatable bonds is 5. The zero-order chi connectivity index (χ0) is 11.3. The van der Waals surface area contributed by atoms with E-state index < -0.39 is 0 Å². The summed E-state index contributed by atoms with van der Waals surface area (Å²) in [7, 11) is 1.44. The fourth-order valence-electron chi connectivity index (χ4n) is 1.22. The maximum Gasteiger partial charge on any atom is 0.295 e. The average Bonchev–Trinajstić information content (AvgIpc) is 2.18. The van der Waals surface area contributed by atoms with Gasteiger partial charge in [-0.2, -0.15) is 0 Å². The molecule has 1 aromatic heterocycles. The summed E-state index contributed by atoms with van der Waals surface area (Å²) in [5, 5.41) is 3.08. The van der Waals surface area contributed by atoms with Gasteiger partial charge in [0.25, 0.3) is 5.56 Å². The van der Waals surface area contributed by atoms with Crippen molar-refractivity contribution in [3.63, 3.8) is 0 Å². The van der Waals surface area contributed by atoms with Gasteiger partial charge >= 0.3 is 0 Å². The topological polar surface area (TPSA) is 67.0 Å². The molecule has 1 rings (SSSR count). The summed E-state index contributed by atoms with van der Waals surface area (Å²) in [6, 6.07) is 0.158. The molecular formula is C10H15N3O2. The van der Waals surface area contributed by atoms with Crippen LogP contribution in [0, 0.1) is 0 Å². The van der Waals surface area contributed by atoms with E-state index in [0.717, 1.165) is 6.42 Å². The molecule has 0 spiro atoms. The van der Waals surface area contributed by atoms with E-state index in [-0.39, 0.29) is 17.4 Å². The van der Waals surface area contributed by atoms with Crippen LogP contribution in [0.2, 0.25) is 0 Å². The molecule has 0 saturated carbocycles. The molecule has 0 saturated heterocycles. The molecule has 1 heterocycles. The molecule has 1 atom stereocenters. The maximum atomic E-state index is 11.3. The van der Waals surface area contributed by atoms with E-state index >= 15 is 0 Å². The zero-order valence-electron chi connectivity index (χ0n) is 8.91. The Balaban J connectivity index is 2.89. The third kappa shape index (κ3) is 2.83. The molecule has 15 heavy (non-hydrogen) atoms. The standard InChI is InChI=1S/C10H15N3O2/c1-4-5-7(2)13-9-8(15-3)10(14)12-6-11-9/h4,6-7H,1,5H2,2-3H3,(H2,11,12,13,14). The van der Waals surface area contributed by atoms with Gasteiger partial charge < -0.3 is 15.0 Å². The smallest absolute Gasteiger partial charge is 0.295 e. The molecule has 0 radical (unpaired) electrons. The Morgan fingerprint density at radius 3 is 3.13 bits per heavy atom. The third-order valence-corrected chi connectivity index (χ3v) is 1.92. The van der Waals surface area contributed by atoms with E-state index in [0.29, 0.717) is 5.82 Å². The molecular weight excluding hydrogens is 194 g/mol. The first kappa shape index (κ1) is 11.3. The van der Waals surface area contributed by atoms with Crippen LogP contribution < -0.4 is 15.6 Å². The van der Waals surface area contributed by atoms with Crippen molar-refractivity contribution in [2.24, 2.45) is 0 Å². The van der Waals surface area contributed by atoms with Gasteiger partial charge in [0, 0.05) is 6.04 Å². The van der Waals surface area contributed by atoms with E-state index in [4.69, 9.17) is 4.74 Å². The summed E-state index contributed by atoms with van der Waals surface area (Å²) < 4.78 is 4.96. The van der Waals surface area contributed by atoms with Crippen molar-refractivity contribution in [3.05, 3.63) is 29.3 Å². The van der Waals surface area contributed by atoms with Gasteiger partial charge in [0.15, 0.2) is 5.82 Å². The van der Waals surface area contributed by atoms with Gasteiger partial charge in [-0.3, -0.25) is 4.79 Å². The number of hydrogen-bond acceptors (Lipinski definition) is 4. The highest BCUT2D eigenvalue weighted by atomic mass is 16.5. The quantitative estimate of drug-likeness (QED) is 0.714. The van der Waals surface area contributed by atoms with Crippen molar-refractivity contribution in [1.82, 2.24) is 9.97 Å². The molecule has 1 aromatic rings. The molecule has 0 aromatic carbocycles. The van der Waals surface area contributed by atoms with E-state index in [1.807, 2.05) is 6.92 Å². The predicted octanol–water partition coefficient (Wildman–Crippen LogP) is 1.15. The summed E-state index contributed by atoms with van der Waals surface area (Å²) in [4.78, 5) is 17.8. The Morgan fingerprint density at radius 1 is 1.80 bits per heavy atom. The number of nitrogens with one attached hydrogen (secondary N) is 2. The molecule has 0 aliphatic heterocycles. The number of methoxy groups -OCH3 is 1. The van der Waals surface area contributed by atoms with Gasteiger partial charge in [-0.1, -0.05) is 6.08 Å². The van der Waals surface area contributed by atoms with Crippen molar-refractivity contribution in [2.75, 3.05) is 12.4 Å². The average molecular weight is 209 g/mol. The van der Waals surface area contributed by atoms with Crippen molar-refractivity contribution in [2.45, 2.75) is 19.4 Å². The van der Waals surface area contributed by atoms with Crippen LogP contribution in [0.1, 0.15) is 13.3 Å². The Labute approximate surface area is 88.2 Å². The Bertz CT molecular complexity index is 386. The van der Waals surface area contributed by atoms with Crippen molar-refractivity contribution >= 4 is 5.82 Å². The van der Waals surface area contributed by atoms with Crippen LogP contribution >= 0.6 is 0 Å². The predicted molar refractivity (Wildman–Crippen MR) is 59.3 cm³/mol. The van der Waals surface area contributed by atoms with Crippen LogP contribution in [0.4, 0.5) is 5.82 Å². The van der Waals surface area contributed by atoms with Crippen molar-refractivity contribution in [3.8, 4) is 5.75 Å². The second-order valence-corrected chi connectivity index (χ2v) is 3.18. The molecule has 0 amide bonds. The molecule has 0 aliphatic carbocycles. The van der Waals surface area contributed by atoms with Crippen LogP contribution in [0.5, 0.6) is 5.75 Å². The van der Waals surface area contributed by atoms with E-state index in [1.165, 1.54) is 13.4 Å². The van der Waals surface area contributed by atoms with Crippen LogP contribution in [-0.2, 0) is 0 Å². The lowest BCUT2D eigenvalue weighted by Crippen LogP contribution is -2.19. The number of aromatic nitrogens is 2. The number of ether oxygens (including phenoxy) is 1. The van der Waals surface area contributed by atoms with Gasteiger partial charge in [-0.05, 0) is 13.3 Å². The van der Waals surface area contributed by atoms with Crippen molar-refractivity contribution in [1.29, 1.82) is 0 Å². The van der Waals surface area contributed by atoms with Gasteiger partial charge in [0.2, 0.25) is 5.75 Å². The lowest BCUT2D eigenvalue weighted by molar-refractivity contribution is 0.407. The Morgan fingerprint density at radius 2 is 2.53 bits per heavy atom. The lowest BCUT2D eigenvalue weighted by atomic mass is 10.2. The van der Waals surface area contributed by atoms with Crippen molar-refractivity contribution < 1.29 is 4.74 Å². The molecule has 0 aliphatic rings. The SMILES string of the molecule is C=CCC(C)Nc1nc[nH]c(=O)c1OC. The number of nitrogens with zero attached hydrogens (tertiary/aromatic N) is 1. The monoisotopic (exact) mass is 209 g/mol. The summed E-state index contributed by atoms with van der Waals surface area (Å²) in [6.07, 6.45) is 3.93. The molecule has 2 N–H and O–H groups in total. The minimum Gasteiger partial charge on any atom is -0.489 e. The summed E-state index contributed by atoms with van der Waals surface area (Å²) >= 11 is 0. The van der Waals surface area contributed by atoms with Crippen LogP contribution in [0.3, 0.4) is 0 Å². The molecule has 5 heteroatoms. The van der Waals surface area contributed by atoms with Gasteiger partial charge in [0.05, 0.1) is 13.4 Å². The molecule has 82 valence electrons. The second kappa shape index (κ2) is 5.19. The number of hydrogen-bond donors (Lipinski definition) is 2. The van der Waals surface area contributed by atoms with Crippen LogP contribution in [0.15, 0.2) is 23.8 Å². The normalized spacial score (nSPS) is 11.9. The maximum absolute atomic E-state index is 11.3. The fourth-order valence-corrected chi connectivity index (χ4v) is 1.22. The van der Waals surface area contributed by atoms with Gasteiger partial charge in [0.1, 0.15) is 0 Å². The van der Waals surface area contributed by atoms with E-state index in [2.05, 4.69) is 21.9 Å². The molecule has 5 nitrogen and oxygen atoms in total. The highest BCUT2D eigenvalue weighted by Gasteiger charge is 2.10. The molecule has 1 unspecified atom stereocenters. The summed E-state index contributed by atoms with van der Waals surface area (Å²) in [5.74, 6) is 0.656. The van der Waals surface area contributed by atoms with Crippen LogP contribution in [-0.4, -0.2) is 23.1 Å². The first-order valence-corrected chi connectivity index (χ1v) is 4.68. The van der Waals surface area contributed by atoms with E-state index in [1.54, 1.807) is 6.08 Å². The largest absolute Gasteiger partial charge is 0.489 e. The minimum atomic E-state index is -0.291. The number of H-pyrrole nitrogens is 1. The minimum absolute atomic E-state index is 0.158. The lowest BCUT2D eigenvalue weighted by Gasteiger charge is -2.13. The second-order valence-electron chi connectivity index (χ2n) is 3.18. The zero-order valence-corrected chi connectivity index (χ0v) is 8.91. The summed E-state index contributed by atoms with van der Waals surface area (Å²) in [5.41, 5.74) is -0.291. The van der Waals surface area contributed by atoms with Gasteiger partial charge in [-0.15, -0.1) is 6.58 Å². The first-order valence-electron chi connectivity index (χ1n) is 4.68. The molecule has 0 bridgehead atoms. The summed E-state index contributed by atoms with van der Waals surface area (Å²) in [6.45, 7) is 5.62. The Hall–Kier alpha value is -1.78. The highest BCUT2D eigenvalue weighted by Crippen LogP contribution is 2.15.